The first kappa shape index (κ1) is 18.5. The van der Waals surface area contributed by atoms with E-state index in [1.165, 1.54) is 10.1 Å². The second kappa shape index (κ2) is 7.62. The van der Waals surface area contributed by atoms with E-state index in [2.05, 4.69) is 24.2 Å². The van der Waals surface area contributed by atoms with Crippen LogP contribution in [0.3, 0.4) is 0 Å². The highest BCUT2D eigenvalue weighted by atomic mass is 35.5. The maximum Gasteiger partial charge on any atom is 0.276 e. The normalized spacial score (nSPS) is 12.4. The number of halogens is 1. The Morgan fingerprint density at radius 1 is 1.07 bits per heavy atom. The Bertz CT molecular complexity index is 1160. The van der Waals surface area contributed by atoms with Gasteiger partial charge < -0.3 is 9.67 Å². The number of hydrogen-bond donors (Lipinski definition) is 1. The van der Waals surface area contributed by atoms with E-state index in [0.29, 0.717) is 16.1 Å². The van der Waals surface area contributed by atoms with E-state index in [1.54, 1.807) is 47.2 Å². The number of aryl methyl sites for hydroxylation is 1. The van der Waals surface area contributed by atoms with Crippen LogP contribution in [0.1, 0.15) is 24.2 Å². The lowest BCUT2D eigenvalue weighted by Crippen LogP contribution is -2.24. The number of hydrogen-bond acceptors (Lipinski definition) is 3. The van der Waals surface area contributed by atoms with Gasteiger partial charge in [-0.1, -0.05) is 54.9 Å². The molecular formula is C22H20ClN3O2. The minimum Gasteiger partial charge on any atom is -0.387 e. The van der Waals surface area contributed by atoms with E-state index in [-0.39, 0.29) is 12.1 Å². The average molecular weight is 394 g/mol. The number of benzene rings is 2. The van der Waals surface area contributed by atoms with Gasteiger partial charge in [-0.25, -0.2) is 4.52 Å². The summed E-state index contributed by atoms with van der Waals surface area (Å²) in [6.45, 7) is 2.27. The molecule has 1 atom stereocenters. The Hall–Kier alpha value is -2.89. The van der Waals surface area contributed by atoms with Crippen LogP contribution < -0.4 is 5.56 Å². The Labute approximate surface area is 167 Å². The number of aliphatic hydroxyl groups is 1. The molecule has 0 aliphatic heterocycles. The number of nitrogens with zero attached hydrogens (tertiary/aromatic N) is 3. The molecule has 2 heterocycles. The van der Waals surface area contributed by atoms with Gasteiger partial charge >= 0.3 is 0 Å². The molecule has 0 radical (unpaired) electrons. The van der Waals surface area contributed by atoms with Gasteiger partial charge in [0.15, 0.2) is 0 Å². The first-order valence-electron chi connectivity index (χ1n) is 9.17. The van der Waals surface area contributed by atoms with Gasteiger partial charge in [-0.2, -0.15) is 5.10 Å². The first-order valence-corrected chi connectivity index (χ1v) is 9.54. The first-order chi connectivity index (χ1) is 13.5. The largest absolute Gasteiger partial charge is 0.387 e. The zero-order valence-corrected chi connectivity index (χ0v) is 16.2. The van der Waals surface area contributed by atoms with Crippen molar-refractivity contribution in [3.8, 4) is 11.3 Å². The Balaban J connectivity index is 1.64. The van der Waals surface area contributed by atoms with E-state index < -0.39 is 6.10 Å². The van der Waals surface area contributed by atoms with Crippen molar-refractivity contribution in [2.24, 2.45) is 0 Å². The highest BCUT2D eigenvalue weighted by Crippen LogP contribution is 2.20. The number of aromatic nitrogens is 3. The molecule has 4 rings (SSSR count). The predicted molar refractivity (Wildman–Crippen MR) is 111 cm³/mol. The van der Waals surface area contributed by atoms with Crippen molar-refractivity contribution in [3.63, 3.8) is 0 Å². The summed E-state index contributed by atoms with van der Waals surface area (Å²) in [7, 11) is 0. The van der Waals surface area contributed by atoms with Crippen LogP contribution in [-0.2, 0) is 13.0 Å². The summed E-state index contributed by atoms with van der Waals surface area (Å²) in [5.41, 5.74) is 3.95. The van der Waals surface area contributed by atoms with Crippen LogP contribution in [0.2, 0.25) is 5.02 Å². The van der Waals surface area contributed by atoms with Crippen molar-refractivity contribution in [3.05, 3.63) is 93.5 Å². The van der Waals surface area contributed by atoms with Crippen molar-refractivity contribution in [1.29, 1.82) is 0 Å². The third-order valence-electron chi connectivity index (χ3n) is 4.89. The van der Waals surface area contributed by atoms with Crippen LogP contribution in [-0.4, -0.2) is 19.3 Å². The fourth-order valence-corrected chi connectivity index (χ4v) is 3.32. The highest BCUT2D eigenvalue weighted by Gasteiger charge is 2.13. The molecule has 1 unspecified atom stereocenters. The topological polar surface area (TPSA) is 59.5 Å². The minimum atomic E-state index is -0.804. The molecule has 28 heavy (non-hydrogen) atoms. The quantitative estimate of drug-likeness (QED) is 0.555. The van der Waals surface area contributed by atoms with Gasteiger partial charge in [0.2, 0.25) is 0 Å². The van der Waals surface area contributed by atoms with Crippen molar-refractivity contribution in [2.75, 3.05) is 0 Å². The molecule has 2 aromatic carbocycles. The van der Waals surface area contributed by atoms with Crippen molar-refractivity contribution >= 4 is 17.1 Å². The third kappa shape index (κ3) is 3.59. The fraction of sp³-hybridized carbons (Fsp3) is 0.182. The SMILES string of the molecule is CCc1ccc(-c2cc3c(=O)n(CC(O)c4ccc(Cl)cc4)ccn3n2)cc1. The highest BCUT2D eigenvalue weighted by molar-refractivity contribution is 6.30. The molecule has 142 valence electrons. The molecule has 0 amide bonds. The Morgan fingerprint density at radius 3 is 2.46 bits per heavy atom. The molecule has 0 fully saturated rings. The molecule has 0 aliphatic rings. The van der Waals surface area contributed by atoms with E-state index in [9.17, 15) is 9.90 Å². The van der Waals surface area contributed by atoms with Gasteiger partial charge in [-0.3, -0.25) is 4.79 Å². The molecule has 6 heteroatoms. The zero-order valence-electron chi connectivity index (χ0n) is 15.4. The lowest BCUT2D eigenvalue weighted by atomic mass is 10.1. The van der Waals surface area contributed by atoms with Crippen molar-refractivity contribution in [1.82, 2.24) is 14.2 Å². The van der Waals surface area contributed by atoms with E-state index >= 15 is 0 Å². The van der Waals surface area contributed by atoms with Crippen LogP contribution in [0.25, 0.3) is 16.8 Å². The summed E-state index contributed by atoms with van der Waals surface area (Å²) in [4.78, 5) is 12.9. The molecule has 0 saturated heterocycles. The predicted octanol–water partition coefficient (Wildman–Crippen LogP) is 4.11. The molecule has 4 aromatic rings. The van der Waals surface area contributed by atoms with Crippen LogP contribution in [0.5, 0.6) is 0 Å². The summed E-state index contributed by atoms with van der Waals surface area (Å²) < 4.78 is 3.08. The van der Waals surface area contributed by atoms with Gasteiger partial charge in [0.05, 0.1) is 18.3 Å². The Morgan fingerprint density at radius 2 is 1.79 bits per heavy atom. The van der Waals surface area contributed by atoms with Crippen LogP contribution in [0.15, 0.2) is 71.8 Å². The lowest BCUT2D eigenvalue weighted by Gasteiger charge is -2.13. The minimum absolute atomic E-state index is 0.155. The Kier molecular flexibility index (Phi) is 5.03. The number of fused-ring (bicyclic) bond motifs is 1. The zero-order chi connectivity index (χ0) is 19.7. The van der Waals surface area contributed by atoms with E-state index in [4.69, 9.17) is 11.6 Å². The van der Waals surface area contributed by atoms with Crippen LogP contribution in [0, 0.1) is 0 Å². The van der Waals surface area contributed by atoms with Gasteiger partial charge in [-0.05, 0) is 35.7 Å². The summed E-state index contributed by atoms with van der Waals surface area (Å²) in [6.07, 6.45) is 3.55. The number of rotatable bonds is 5. The molecule has 0 bridgehead atoms. The monoisotopic (exact) mass is 393 g/mol. The van der Waals surface area contributed by atoms with Crippen LogP contribution >= 0.6 is 11.6 Å². The maximum atomic E-state index is 12.9. The van der Waals surface area contributed by atoms with Gasteiger partial charge in [0, 0.05) is 23.0 Å². The summed E-state index contributed by atoms with van der Waals surface area (Å²) >= 11 is 5.89. The second-order valence-corrected chi connectivity index (χ2v) is 7.17. The molecule has 2 aromatic heterocycles. The van der Waals surface area contributed by atoms with Gasteiger partial charge in [-0.15, -0.1) is 0 Å². The lowest BCUT2D eigenvalue weighted by molar-refractivity contribution is 0.155. The van der Waals surface area contributed by atoms with Gasteiger partial charge in [0.1, 0.15) is 5.52 Å². The van der Waals surface area contributed by atoms with Crippen LogP contribution in [0.4, 0.5) is 0 Å². The summed E-state index contributed by atoms with van der Waals surface area (Å²) in [5.74, 6) is 0. The molecular weight excluding hydrogens is 374 g/mol. The average Bonchev–Trinajstić information content (AvgIpc) is 3.16. The standard InChI is InChI=1S/C22H20ClN3O2/c1-2-15-3-5-16(6-4-15)19-13-20-22(28)25(11-12-26(20)24-19)14-21(27)17-7-9-18(23)10-8-17/h3-13,21,27H,2,14H2,1H3. The summed E-state index contributed by atoms with van der Waals surface area (Å²) in [5, 5.41) is 15.6. The maximum absolute atomic E-state index is 12.9. The van der Waals surface area contributed by atoms with E-state index in [1.807, 2.05) is 12.1 Å². The third-order valence-corrected chi connectivity index (χ3v) is 5.14. The molecule has 0 saturated carbocycles. The molecule has 0 aliphatic carbocycles. The van der Waals surface area contributed by atoms with E-state index in [0.717, 1.165) is 17.7 Å². The molecule has 0 spiro atoms. The summed E-state index contributed by atoms with van der Waals surface area (Å²) in [6, 6.07) is 16.9. The number of aliphatic hydroxyl groups excluding tert-OH is 1. The second-order valence-electron chi connectivity index (χ2n) is 6.73. The fourth-order valence-electron chi connectivity index (χ4n) is 3.20. The van der Waals surface area contributed by atoms with Gasteiger partial charge in [0.25, 0.3) is 5.56 Å². The molecule has 1 N–H and O–H groups in total. The smallest absolute Gasteiger partial charge is 0.276 e. The van der Waals surface area contributed by atoms with Crippen molar-refractivity contribution in [2.45, 2.75) is 26.0 Å². The van der Waals surface area contributed by atoms with Crippen molar-refractivity contribution < 1.29 is 5.11 Å². The molecule has 5 nitrogen and oxygen atoms in total.